The Kier molecular flexibility index (Phi) is 3.60. The largest absolute Gasteiger partial charge is 0.387 e. The number of hydrogen-bond acceptors (Lipinski definition) is 5. The van der Waals surface area contributed by atoms with Crippen molar-refractivity contribution in [2.75, 3.05) is 13.2 Å². The van der Waals surface area contributed by atoms with Crippen molar-refractivity contribution in [2.24, 2.45) is 17.1 Å². The Morgan fingerprint density at radius 1 is 1.67 bits per heavy atom. The first-order chi connectivity index (χ1) is 9.89. The molecule has 1 aromatic rings. The molecule has 0 aromatic carbocycles. The van der Waals surface area contributed by atoms with E-state index in [1.165, 1.54) is 11.3 Å². The molecule has 4 atom stereocenters. The van der Waals surface area contributed by atoms with Crippen LogP contribution in [0.25, 0.3) is 0 Å². The lowest BCUT2D eigenvalue weighted by molar-refractivity contribution is -0.175. The highest BCUT2D eigenvalue weighted by Crippen LogP contribution is 2.58. The van der Waals surface area contributed by atoms with E-state index >= 15 is 0 Å². The van der Waals surface area contributed by atoms with Crippen LogP contribution in [0.1, 0.15) is 31.9 Å². The molecular formula is C15H22N2O3S. The lowest BCUT2D eigenvalue weighted by Gasteiger charge is -2.60. The lowest BCUT2D eigenvalue weighted by atomic mass is 9.48. The van der Waals surface area contributed by atoms with Crippen molar-refractivity contribution >= 4 is 17.2 Å². The Morgan fingerprint density at radius 2 is 2.43 bits per heavy atom. The number of carbonyl (C=O) groups excluding carboxylic acids is 1. The maximum atomic E-state index is 12.6. The highest BCUT2D eigenvalue weighted by atomic mass is 32.1. The molecule has 1 aromatic heterocycles. The fraction of sp³-hybridized carbons (Fsp3) is 0.667. The van der Waals surface area contributed by atoms with Crippen molar-refractivity contribution in [1.29, 1.82) is 0 Å². The normalized spacial score (nSPS) is 34.9. The monoisotopic (exact) mass is 310 g/mol. The summed E-state index contributed by atoms with van der Waals surface area (Å²) >= 11 is 1.52. The molecular weight excluding hydrogens is 288 g/mol. The van der Waals surface area contributed by atoms with Crippen LogP contribution in [0.4, 0.5) is 0 Å². The summed E-state index contributed by atoms with van der Waals surface area (Å²) in [6.07, 6.45) is 0.197. The van der Waals surface area contributed by atoms with Crippen molar-refractivity contribution in [2.45, 2.75) is 38.0 Å². The summed E-state index contributed by atoms with van der Waals surface area (Å²) < 4.78 is 5.69. The van der Waals surface area contributed by atoms with E-state index in [0.29, 0.717) is 6.61 Å². The molecule has 3 rings (SSSR count). The Balaban J connectivity index is 1.65. The molecule has 1 amide bonds. The summed E-state index contributed by atoms with van der Waals surface area (Å²) in [5, 5.41) is 16.7. The van der Waals surface area contributed by atoms with Gasteiger partial charge in [0.05, 0.1) is 12.2 Å². The number of nitrogens with one attached hydrogen (secondary N) is 1. The molecule has 2 fully saturated rings. The van der Waals surface area contributed by atoms with Gasteiger partial charge in [-0.2, -0.15) is 11.3 Å². The minimum absolute atomic E-state index is 0.0649. The molecule has 4 N–H and O–H groups in total. The van der Waals surface area contributed by atoms with Crippen molar-refractivity contribution < 1.29 is 14.6 Å². The number of ether oxygens (including phenoxy) is 1. The Hall–Kier alpha value is -0.950. The van der Waals surface area contributed by atoms with Crippen molar-refractivity contribution in [3.05, 3.63) is 22.4 Å². The molecule has 6 heteroatoms. The number of aliphatic hydroxyl groups is 1. The van der Waals surface area contributed by atoms with Gasteiger partial charge in [0, 0.05) is 24.5 Å². The highest BCUT2D eigenvalue weighted by Gasteiger charge is 2.71. The smallest absolute Gasteiger partial charge is 0.241 e. The first-order valence-electron chi connectivity index (χ1n) is 7.28. The first kappa shape index (κ1) is 15.0. The second-order valence-electron chi connectivity index (χ2n) is 6.56. The van der Waals surface area contributed by atoms with Crippen molar-refractivity contribution in [3.63, 3.8) is 0 Å². The molecule has 1 saturated heterocycles. The van der Waals surface area contributed by atoms with E-state index in [-0.39, 0.29) is 29.9 Å². The van der Waals surface area contributed by atoms with Crippen LogP contribution < -0.4 is 11.1 Å². The molecule has 1 aliphatic carbocycles. The van der Waals surface area contributed by atoms with Gasteiger partial charge in [-0.3, -0.25) is 4.79 Å². The third kappa shape index (κ3) is 2.04. The van der Waals surface area contributed by atoms with Gasteiger partial charge in [-0.1, -0.05) is 13.8 Å². The number of rotatable bonds is 4. The van der Waals surface area contributed by atoms with Crippen molar-refractivity contribution in [3.8, 4) is 0 Å². The summed E-state index contributed by atoms with van der Waals surface area (Å²) in [5.74, 6) is -0.112. The molecule has 1 saturated carbocycles. The van der Waals surface area contributed by atoms with E-state index in [9.17, 15) is 9.90 Å². The standard InChI is InChI=1S/C15H22N2O3S/c1-14(2)12-10(3-5-20-12)15(14,16)13(19)17-7-11(18)9-4-6-21-8-9/h4,6,8,10-12,18H,3,5,7,16H2,1-2H3,(H,17,19). The van der Waals surface area contributed by atoms with Crippen LogP contribution in [0.2, 0.25) is 0 Å². The van der Waals surface area contributed by atoms with E-state index in [0.717, 1.165) is 12.0 Å². The van der Waals surface area contributed by atoms with E-state index < -0.39 is 11.6 Å². The molecule has 116 valence electrons. The summed E-state index contributed by atoms with van der Waals surface area (Å²) in [5.41, 5.74) is 5.97. The van der Waals surface area contributed by atoms with Crippen LogP contribution >= 0.6 is 11.3 Å². The van der Waals surface area contributed by atoms with Gasteiger partial charge in [-0.05, 0) is 28.8 Å². The molecule has 0 spiro atoms. The van der Waals surface area contributed by atoms with E-state index in [1.54, 1.807) is 0 Å². The van der Waals surface area contributed by atoms with E-state index in [1.807, 2.05) is 30.7 Å². The average Bonchev–Trinajstić information content (AvgIpc) is 3.12. The molecule has 2 aliphatic rings. The van der Waals surface area contributed by atoms with Crippen LogP contribution in [0.15, 0.2) is 16.8 Å². The van der Waals surface area contributed by atoms with E-state index in [2.05, 4.69) is 5.32 Å². The minimum Gasteiger partial charge on any atom is -0.387 e. The number of fused-ring (bicyclic) bond motifs is 1. The number of hydrogen-bond donors (Lipinski definition) is 3. The molecule has 1 aliphatic heterocycles. The van der Waals surface area contributed by atoms with Crippen LogP contribution in [-0.2, 0) is 9.53 Å². The van der Waals surface area contributed by atoms with Crippen LogP contribution in [-0.4, -0.2) is 35.8 Å². The van der Waals surface area contributed by atoms with E-state index in [4.69, 9.17) is 10.5 Å². The Morgan fingerprint density at radius 3 is 3.10 bits per heavy atom. The maximum Gasteiger partial charge on any atom is 0.241 e. The van der Waals surface area contributed by atoms with Gasteiger partial charge in [0.1, 0.15) is 5.54 Å². The molecule has 2 heterocycles. The number of carbonyl (C=O) groups is 1. The van der Waals surface area contributed by atoms with Gasteiger partial charge in [0.15, 0.2) is 0 Å². The second kappa shape index (κ2) is 5.05. The van der Waals surface area contributed by atoms with Crippen LogP contribution in [0, 0.1) is 11.3 Å². The van der Waals surface area contributed by atoms with Gasteiger partial charge < -0.3 is 20.9 Å². The highest BCUT2D eigenvalue weighted by molar-refractivity contribution is 7.07. The Labute approximate surface area is 128 Å². The van der Waals surface area contributed by atoms with Crippen LogP contribution in [0.3, 0.4) is 0 Å². The maximum absolute atomic E-state index is 12.6. The first-order valence-corrected chi connectivity index (χ1v) is 8.22. The van der Waals surface area contributed by atoms with Gasteiger partial charge in [0.2, 0.25) is 5.91 Å². The Bertz CT molecular complexity index is 531. The number of amides is 1. The summed E-state index contributed by atoms with van der Waals surface area (Å²) in [4.78, 5) is 12.6. The van der Waals surface area contributed by atoms with Gasteiger partial charge >= 0.3 is 0 Å². The molecule has 4 unspecified atom stereocenters. The molecule has 21 heavy (non-hydrogen) atoms. The summed E-state index contributed by atoms with van der Waals surface area (Å²) in [7, 11) is 0. The van der Waals surface area contributed by atoms with Gasteiger partial charge in [0.25, 0.3) is 0 Å². The zero-order valence-electron chi connectivity index (χ0n) is 12.3. The average molecular weight is 310 g/mol. The molecule has 0 bridgehead atoms. The van der Waals surface area contributed by atoms with Crippen LogP contribution in [0.5, 0.6) is 0 Å². The zero-order valence-corrected chi connectivity index (χ0v) is 13.2. The SMILES string of the molecule is CC1(C)C2OCCC2C1(N)C(=O)NCC(O)c1ccsc1. The van der Waals surface area contributed by atoms with Gasteiger partial charge in [-0.15, -0.1) is 0 Å². The quantitative estimate of drug-likeness (QED) is 0.776. The summed E-state index contributed by atoms with van der Waals surface area (Å²) in [6, 6.07) is 1.85. The third-order valence-corrected chi connectivity index (χ3v) is 5.92. The minimum atomic E-state index is -0.914. The number of aliphatic hydroxyl groups excluding tert-OH is 1. The molecule has 5 nitrogen and oxygen atoms in total. The second-order valence-corrected chi connectivity index (χ2v) is 7.34. The molecule has 0 radical (unpaired) electrons. The predicted molar refractivity (Wildman–Crippen MR) is 80.8 cm³/mol. The summed E-state index contributed by atoms with van der Waals surface area (Å²) in [6.45, 7) is 4.81. The topological polar surface area (TPSA) is 84.6 Å². The lowest BCUT2D eigenvalue weighted by Crippen LogP contribution is -2.80. The number of thiophene rings is 1. The third-order valence-electron chi connectivity index (χ3n) is 5.21. The van der Waals surface area contributed by atoms with Crippen molar-refractivity contribution in [1.82, 2.24) is 5.32 Å². The number of nitrogens with two attached hydrogens (primary N) is 1. The van der Waals surface area contributed by atoms with Gasteiger partial charge in [-0.25, -0.2) is 0 Å². The zero-order chi connectivity index (χ0) is 15.3. The predicted octanol–water partition coefficient (Wildman–Crippen LogP) is 1.04. The fourth-order valence-electron chi connectivity index (χ4n) is 3.76. The fourth-order valence-corrected chi connectivity index (χ4v) is 4.47.